The Hall–Kier alpha value is -4.13. The minimum Gasteiger partial charge on any atom is -0.497 e. The minimum atomic E-state index is -1.27. The third kappa shape index (κ3) is 2.63. The number of ether oxygens (including phenoxy) is 2. The van der Waals surface area contributed by atoms with Crippen LogP contribution in [0.4, 0.5) is 0 Å². The second-order valence-corrected chi connectivity index (χ2v) is 9.27. The normalized spacial score (nSPS) is 17.3. The van der Waals surface area contributed by atoms with Crippen molar-refractivity contribution >= 4 is 27.8 Å². The van der Waals surface area contributed by atoms with Crippen molar-refractivity contribution in [2.24, 2.45) is 14.1 Å². The van der Waals surface area contributed by atoms with Gasteiger partial charge in [0.05, 0.1) is 7.11 Å². The molecule has 0 fully saturated rings. The molecule has 6 rings (SSSR count). The standard InChI is InChI=1S/C28H26N4O3/c1-15-7-9-21-19(13-15)23(16(2)31(21)4)28(26-25(27(33)35-28)29-11-12-30-26)24-17(3)32(5)22-10-8-18(34-6)14-20(22)24/h7-14H,1-6H3. The van der Waals surface area contributed by atoms with Crippen LogP contribution in [-0.2, 0) is 24.4 Å². The molecule has 0 saturated carbocycles. The van der Waals surface area contributed by atoms with Crippen LogP contribution in [0.3, 0.4) is 0 Å². The van der Waals surface area contributed by atoms with E-state index in [0.717, 1.165) is 55.6 Å². The highest BCUT2D eigenvalue weighted by Crippen LogP contribution is 2.53. The molecule has 7 nitrogen and oxygen atoms in total. The van der Waals surface area contributed by atoms with Gasteiger partial charge >= 0.3 is 5.97 Å². The molecule has 0 radical (unpaired) electrons. The number of carbonyl (C=O) groups is 1. The van der Waals surface area contributed by atoms with Crippen LogP contribution in [0.2, 0.25) is 0 Å². The van der Waals surface area contributed by atoms with Crippen LogP contribution in [0.5, 0.6) is 5.75 Å². The van der Waals surface area contributed by atoms with Crippen molar-refractivity contribution in [3.8, 4) is 5.75 Å². The number of fused-ring (bicyclic) bond motifs is 3. The summed E-state index contributed by atoms with van der Waals surface area (Å²) in [7, 11) is 5.72. The van der Waals surface area contributed by atoms with E-state index in [2.05, 4.69) is 53.1 Å². The van der Waals surface area contributed by atoms with Crippen molar-refractivity contribution in [3.05, 3.63) is 88.3 Å². The molecule has 0 spiro atoms. The van der Waals surface area contributed by atoms with Crippen molar-refractivity contribution in [2.45, 2.75) is 26.4 Å². The first-order valence-electron chi connectivity index (χ1n) is 11.5. The van der Waals surface area contributed by atoms with E-state index in [1.807, 2.05) is 32.3 Å². The van der Waals surface area contributed by atoms with Crippen LogP contribution >= 0.6 is 0 Å². The Bertz CT molecular complexity index is 1690. The van der Waals surface area contributed by atoms with Gasteiger partial charge in [-0.3, -0.25) is 4.98 Å². The number of rotatable bonds is 3. The van der Waals surface area contributed by atoms with Gasteiger partial charge in [0.15, 0.2) is 5.69 Å². The maximum absolute atomic E-state index is 13.4. The zero-order chi connectivity index (χ0) is 24.6. The molecular weight excluding hydrogens is 440 g/mol. The van der Waals surface area contributed by atoms with E-state index < -0.39 is 11.6 Å². The first kappa shape index (κ1) is 21.4. The smallest absolute Gasteiger partial charge is 0.360 e. The van der Waals surface area contributed by atoms with E-state index >= 15 is 0 Å². The molecule has 0 N–H and O–H groups in total. The van der Waals surface area contributed by atoms with E-state index in [-0.39, 0.29) is 5.69 Å². The fraction of sp³-hybridized carbons (Fsp3) is 0.250. The molecule has 1 atom stereocenters. The van der Waals surface area contributed by atoms with E-state index in [1.165, 1.54) is 6.20 Å². The molecule has 0 amide bonds. The zero-order valence-corrected chi connectivity index (χ0v) is 20.6. The van der Waals surface area contributed by atoms with Crippen molar-refractivity contribution in [3.63, 3.8) is 0 Å². The number of nitrogens with zero attached hydrogens (tertiary/aromatic N) is 4. The van der Waals surface area contributed by atoms with Gasteiger partial charge < -0.3 is 18.6 Å². The molecule has 3 aromatic heterocycles. The molecule has 1 aliphatic rings. The number of aryl methyl sites for hydroxylation is 3. The average molecular weight is 467 g/mol. The summed E-state index contributed by atoms with van der Waals surface area (Å²) in [5.41, 5.74) is 6.44. The van der Waals surface area contributed by atoms with Gasteiger partial charge in [0, 0.05) is 70.8 Å². The average Bonchev–Trinajstić information content (AvgIpc) is 3.39. The molecular formula is C28H26N4O3. The van der Waals surface area contributed by atoms with Crippen molar-refractivity contribution < 1.29 is 14.3 Å². The number of aromatic nitrogens is 4. The molecule has 1 aliphatic heterocycles. The molecule has 1 unspecified atom stereocenters. The van der Waals surface area contributed by atoms with Gasteiger partial charge in [0.2, 0.25) is 5.60 Å². The van der Waals surface area contributed by atoms with Crippen molar-refractivity contribution in [1.82, 2.24) is 19.1 Å². The maximum Gasteiger partial charge on any atom is 0.360 e. The lowest BCUT2D eigenvalue weighted by atomic mass is 9.80. The lowest BCUT2D eigenvalue weighted by Crippen LogP contribution is -2.32. The molecule has 2 aromatic carbocycles. The van der Waals surface area contributed by atoms with Crippen molar-refractivity contribution in [1.29, 1.82) is 0 Å². The van der Waals surface area contributed by atoms with Gasteiger partial charge in [-0.1, -0.05) is 11.6 Å². The largest absolute Gasteiger partial charge is 0.497 e. The topological polar surface area (TPSA) is 71.2 Å². The lowest BCUT2D eigenvalue weighted by molar-refractivity contribution is 0.0245. The Morgan fingerprint density at radius 1 is 0.857 bits per heavy atom. The predicted octanol–water partition coefficient (Wildman–Crippen LogP) is 4.86. The SMILES string of the molecule is COc1ccc2c(c1)c(C1(c3c(C)n(C)c4ccc(C)cc34)OC(=O)c3nccnc31)c(C)n2C. The third-order valence-electron chi connectivity index (χ3n) is 7.52. The number of cyclic esters (lactones) is 1. The van der Waals surface area contributed by atoms with Crippen LogP contribution in [-0.4, -0.2) is 32.2 Å². The zero-order valence-electron chi connectivity index (χ0n) is 20.6. The first-order valence-corrected chi connectivity index (χ1v) is 11.5. The Labute approximate surface area is 202 Å². The Balaban J connectivity index is 1.87. The number of methoxy groups -OCH3 is 1. The van der Waals surface area contributed by atoms with E-state index in [0.29, 0.717) is 5.69 Å². The van der Waals surface area contributed by atoms with Gasteiger partial charge in [0.25, 0.3) is 0 Å². The quantitative estimate of drug-likeness (QED) is 0.355. The molecule has 7 heteroatoms. The Morgan fingerprint density at radius 2 is 1.46 bits per heavy atom. The highest BCUT2D eigenvalue weighted by atomic mass is 16.6. The van der Waals surface area contributed by atoms with Gasteiger partial charge in [-0.25, -0.2) is 9.78 Å². The number of carbonyl (C=O) groups excluding carboxylic acids is 1. The van der Waals surface area contributed by atoms with Crippen LogP contribution < -0.4 is 4.74 Å². The second kappa shape index (κ2) is 7.18. The van der Waals surface area contributed by atoms with Gasteiger partial charge in [-0.05, 0) is 51.1 Å². The summed E-state index contributed by atoms with van der Waals surface area (Å²) >= 11 is 0. The van der Waals surface area contributed by atoms with Gasteiger partial charge in [-0.2, -0.15) is 0 Å². The summed E-state index contributed by atoms with van der Waals surface area (Å²) in [4.78, 5) is 22.5. The summed E-state index contributed by atoms with van der Waals surface area (Å²) in [5.74, 6) is 0.255. The summed E-state index contributed by atoms with van der Waals surface area (Å²) in [6.07, 6.45) is 3.16. The number of hydrogen-bond acceptors (Lipinski definition) is 5. The molecule has 176 valence electrons. The molecule has 4 heterocycles. The molecule has 0 aliphatic carbocycles. The summed E-state index contributed by atoms with van der Waals surface area (Å²) in [6.45, 7) is 6.19. The van der Waals surface area contributed by atoms with Gasteiger partial charge in [0.1, 0.15) is 11.4 Å². The first-order chi connectivity index (χ1) is 16.8. The molecule has 5 aromatic rings. The Morgan fingerprint density at radius 3 is 2.11 bits per heavy atom. The second-order valence-electron chi connectivity index (χ2n) is 9.27. The van der Waals surface area contributed by atoms with E-state index in [1.54, 1.807) is 13.3 Å². The maximum atomic E-state index is 13.4. The number of esters is 1. The van der Waals surface area contributed by atoms with Crippen LogP contribution in [0, 0.1) is 20.8 Å². The van der Waals surface area contributed by atoms with Crippen LogP contribution in [0.1, 0.15) is 44.3 Å². The van der Waals surface area contributed by atoms with Crippen LogP contribution in [0.25, 0.3) is 21.8 Å². The fourth-order valence-electron chi connectivity index (χ4n) is 5.70. The molecule has 35 heavy (non-hydrogen) atoms. The summed E-state index contributed by atoms with van der Waals surface area (Å²) in [6, 6.07) is 12.4. The molecule has 0 saturated heterocycles. The van der Waals surface area contributed by atoms with E-state index in [9.17, 15) is 4.79 Å². The van der Waals surface area contributed by atoms with Crippen LogP contribution in [0.15, 0.2) is 48.8 Å². The Kier molecular flexibility index (Phi) is 4.39. The summed E-state index contributed by atoms with van der Waals surface area (Å²) < 4.78 is 16.3. The number of benzene rings is 2. The predicted molar refractivity (Wildman–Crippen MR) is 134 cm³/mol. The highest BCUT2D eigenvalue weighted by molar-refractivity contribution is 5.99. The summed E-state index contributed by atoms with van der Waals surface area (Å²) in [5, 5.41) is 1.97. The van der Waals surface area contributed by atoms with Gasteiger partial charge in [-0.15, -0.1) is 0 Å². The third-order valence-corrected chi connectivity index (χ3v) is 7.52. The van der Waals surface area contributed by atoms with Crippen molar-refractivity contribution in [2.75, 3.05) is 7.11 Å². The van der Waals surface area contributed by atoms with E-state index in [4.69, 9.17) is 14.5 Å². The fourth-order valence-corrected chi connectivity index (χ4v) is 5.70. The molecule has 0 bridgehead atoms. The number of hydrogen-bond donors (Lipinski definition) is 0. The minimum absolute atomic E-state index is 0.246. The highest BCUT2D eigenvalue weighted by Gasteiger charge is 2.55. The lowest BCUT2D eigenvalue weighted by Gasteiger charge is -2.30. The monoisotopic (exact) mass is 466 g/mol.